The van der Waals surface area contributed by atoms with Crippen LogP contribution in [0.15, 0.2) is 12.3 Å². The van der Waals surface area contributed by atoms with Gasteiger partial charge in [0.2, 0.25) is 5.88 Å². The quantitative estimate of drug-likeness (QED) is 0.875. The summed E-state index contributed by atoms with van der Waals surface area (Å²) in [6.07, 6.45) is 5.04. The molecule has 6 nitrogen and oxygen atoms in total. The van der Waals surface area contributed by atoms with E-state index < -0.39 is 0 Å². The van der Waals surface area contributed by atoms with E-state index in [1.165, 1.54) is 6.20 Å². The fraction of sp³-hybridized carbons (Fsp3) is 0.625. The van der Waals surface area contributed by atoms with E-state index in [-0.39, 0.29) is 24.2 Å². The summed E-state index contributed by atoms with van der Waals surface area (Å²) in [5, 5.41) is 12.8. The average Bonchev–Trinajstić information content (AvgIpc) is 3.04. The van der Waals surface area contributed by atoms with E-state index in [1.54, 1.807) is 6.07 Å². The van der Waals surface area contributed by atoms with Crippen LogP contribution in [0, 0.1) is 0 Å². The van der Waals surface area contributed by atoms with Crippen LogP contribution in [0.2, 0.25) is 5.02 Å². The van der Waals surface area contributed by atoms with Crippen LogP contribution >= 0.6 is 11.6 Å². The maximum atomic E-state index is 12.3. The predicted octanol–water partition coefficient (Wildman–Crippen LogP) is 1.94. The third-order valence-corrected chi connectivity index (χ3v) is 4.54. The topological polar surface area (TPSA) is 80.7 Å². The van der Waals surface area contributed by atoms with Crippen LogP contribution in [-0.4, -0.2) is 47.5 Å². The molecule has 0 radical (unpaired) electrons. The number of hydrogen-bond donors (Lipinski definition) is 2. The summed E-state index contributed by atoms with van der Waals surface area (Å²) in [5.74, 6) is 0.135. The Morgan fingerprint density at radius 3 is 2.78 bits per heavy atom. The number of rotatable bonds is 4. The molecule has 1 saturated carbocycles. The zero-order chi connectivity index (χ0) is 16.2. The van der Waals surface area contributed by atoms with E-state index in [2.05, 4.69) is 10.3 Å². The minimum atomic E-state index is -0.240. The summed E-state index contributed by atoms with van der Waals surface area (Å²) in [6.45, 7) is 1.21. The molecule has 2 heterocycles. The highest BCUT2D eigenvalue weighted by Crippen LogP contribution is 2.25. The number of aliphatic hydroxyl groups is 1. The van der Waals surface area contributed by atoms with Crippen molar-refractivity contribution in [3.63, 3.8) is 0 Å². The summed E-state index contributed by atoms with van der Waals surface area (Å²) < 4.78 is 10.9. The van der Waals surface area contributed by atoms with Gasteiger partial charge >= 0.3 is 0 Å². The molecule has 0 bridgehead atoms. The lowest BCUT2D eigenvalue weighted by atomic mass is 9.93. The number of carbonyl (C=O) groups is 1. The first-order valence-corrected chi connectivity index (χ1v) is 8.38. The Labute approximate surface area is 140 Å². The molecule has 1 amide bonds. The summed E-state index contributed by atoms with van der Waals surface area (Å²) >= 11 is 6.17. The maximum Gasteiger partial charge on any atom is 0.253 e. The van der Waals surface area contributed by atoms with Gasteiger partial charge < -0.3 is 19.9 Å². The number of pyridine rings is 1. The zero-order valence-electron chi connectivity index (χ0n) is 12.8. The van der Waals surface area contributed by atoms with Crippen LogP contribution in [0.4, 0.5) is 0 Å². The number of amides is 1. The molecule has 7 heteroatoms. The van der Waals surface area contributed by atoms with Crippen molar-refractivity contribution in [1.82, 2.24) is 10.3 Å². The highest BCUT2D eigenvalue weighted by molar-refractivity contribution is 6.32. The smallest absolute Gasteiger partial charge is 0.253 e. The van der Waals surface area contributed by atoms with Gasteiger partial charge in [0, 0.05) is 18.7 Å². The number of ether oxygens (including phenoxy) is 2. The summed E-state index contributed by atoms with van der Waals surface area (Å²) in [7, 11) is 0. The molecule has 126 valence electrons. The first-order valence-electron chi connectivity index (χ1n) is 8.00. The Kier molecular flexibility index (Phi) is 5.35. The second-order valence-corrected chi connectivity index (χ2v) is 6.50. The lowest BCUT2D eigenvalue weighted by molar-refractivity contribution is 0.0867. The first kappa shape index (κ1) is 16.5. The second-order valence-electron chi connectivity index (χ2n) is 6.09. The molecule has 1 aliphatic heterocycles. The van der Waals surface area contributed by atoms with Crippen LogP contribution in [0.3, 0.4) is 0 Å². The number of halogens is 1. The molecule has 3 rings (SSSR count). The van der Waals surface area contributed by atoms with Gasteiger partial charge in [0.25, 0.3) is 5.91 Å². The van der Waals surface area contributed by atoms with Crippen LogP contribution < -0.4 is 10.1 Å². The van der Waals surface area contributed by atoms with Gasteiger partial charge in [-0.05, 0) is 31.7 Å². The fourth-order valence-corrected chi connectivity index (χ4v) is 3.10. The van der Waals surface area contributed by atoms with Gasteiger partial charge in [0.15, 0.2) is 0 Å². The molecule has 0 aromatic carbocycles. The van der Waals surface area contributed by atoms with Gasteiger partial charge in [-0.2, -0.15) is 0 Å². The highest BCUT2D eigenvalue weighted by Gasteiger charge is 2.23. The molecule has 1 aliphatic carbocycles. The molecule has 0 spiro atoms. The number of nitrogens with zero attached hydrogens (tertiary/aromatic N) is 1. The molecule has 1 saturated heterocycles. The lowest BCUT2D eigenvalue weighted by Crippen LogP contribution is -2.38. The molecule has 2 aliphatic rings. The van der Waals surface area contributed by atoms with E-state index in [0.29, 0.717) is 29.7 Å². The standard InChI is InChI=1S/C16H21ClN2O4/c17-14-7-10(8-18-16(14)23-13-5-6-22-9-13)15(21)19-11-1-3-12(20)4-2-11/h7-8,11-13,20H,1-6,9H2,(H,19,21)/t11?,12?,13-/m0/s1. The van der Waals surface area contributed by atoms with E-state index >= 15 is 0 Å². The van der Waals surface area contributed by atoms with E-state index in [9.17, 15) is 9.90 Å². The average molecular weight is 341 g/mol. The molecule has 1 aromatic rings. The number of aliphatic hydroxyl groups excluding tert-OH is 1. The van der Waals surface area contributed by atoms with Gasteiger partial charge in [-0.3, -0.25) is 4.79 Å². The monoisotopic (exact) mass is 340 g/mol. The van der Waals surface area contributed by atoms with Crippen molar-refractivity contribution in [2.24, 2.45) is 0 Å². The van der Waals surface area contributed by atoms with E-state index in [1.807, 2.05) is 0 Å². The molecule has 2 fully saturated rings. The summed E-state index contributed by atoms with van der Waals surface area (Å²) in [5.41, 5.74) is 0.413. The van der Waals surface area contributed by atoms with Crippen molar-refractivity contribution < 1.29 is 19.4 Å². The van der Waals surface area contributed by atoms with Crippen LogP contribution in [0.25, 0.3) is 0 Å². The van der Waals surface area contributed by atoms with Crippen molar-refractivity contribution in [2.45, 2.75) is 50.4 Å². The van der Waals surface area contributed by atoms with Gasteiger partial charge in [-0.15, -0.1) is 0 Å². The van der Waals surface area contributed by atoms with Gasteiger partial charge in [0.05, 0.1) is 24.9 Å². The lowest BCUT2D eigenvalue weighted by Gasteiger charge is -2.26. The predicted molar refractivity (Wildman–Crippen MR) is 84.8 cm³/mol. The third kappa shape index (κ3) is 4.34. The molecular weight excluding hydrogens is 320 g/mol. The largest absolute Gasteiger partial charge is 0.471 e. The normalized spacial score (nSPS) is 27.7. The maximum absolute atomic E-state index is 12.3. The van der Waals surface area contributed by atoms with Crippen molar-refractivity contribution in [3.05, 3.63) is 22.8 Å². The first-order chi connectivity index (χ1) is 11.1. The number of hydrogen-bond acceptors (Lipinski definition) is 5. The van der Waals surface area contributed by atoms with Crippen LogP contribution in [0.5, 0.6) is 5.88 Å². The van der Waals surface area contributed by atoms with Crippen molar-refractivity contribution in [2.75, 3.05) is 13.2 Å². The Bertz CT molecular complexity index is 555. The Morgan fingerprint density at radius 2 is 2.13 bits per heavy atom. The summed E-state index contributed by atoms with van der Waals surface area (Å²) in [4.78, 5) is 16.4. The molecular formula is C16H21ClN2O4. The zero-order valence-corrected chi connectivity index (χ0v) is 13.6. The van der Waals surface area contributed by atoms with Gasteiger partial charge in [0.1, 0.15) is 11.1 Å². The molecule has 1 atom stereocenters. The third-order valence-electron chi connectivity index (χ3n) is 4.27. The minimum Gasteiger partial charge on any atom is -0.471 e. The molecule has 23 heavy (non-hydrogen) atoms. The number of nitrogens with one attached hydrogen (secondary N) is 1. The number of aromatic nitrogens is 1. The van der Waals surface area contributed by atoms with Gasteiger partial charge in [-0.1, -0.05) is 11.6 Å². The Morgan fingerprint density at radius 1 is 1.35 bits per heavy atom. The molecule has 0 unspecified atom stereocenters. The van der Waals surface area contributed by atoms with Crippen molar-refractivity contribution in [3.8, 4) is 5.88 Å². The van der Waals surface area contributed by atoms with Gasteiger partial charge in [-0.25, -0.2) is 4.98 Å². The highest BCUT2D eigenvalue weighted by atomic mass is 35.5. The van der Waals surface area contributed by atoms with Crippen LogP contribution in [-0.2, 0) is 4.74 Å². The molecule has 2 N–H and O–H groups in total. The SMILES string of the molecule is O=C(NC1CCC(O)CC1)c1cnc(O[C@H]2CCOC2)c(Cl)c1. The minimum absolute atomic E-state index is 0.0339. The summed E-state index contributed by atoms with van der Waals surface area (Å²) in [6, 6.07) is 1.67. The Balaban J connectivity index is 1.59. The van der Waals surface area contributed by atoms with Crippen molar-refractivity contribution in [1.29, 1.82) is 0 Å². The second kappa shape index (κ2) is 7.47. The van der Waals surface area contributed by atoms with Crippen molar-refractivity contribution >= 4 is 17.5 Å². The Hall–Kier alpha value is -1.37. The number of carbonyl (C=O) groups excluding carboxylic acids is 1. The fourth-order valence-electron chi connectivity index (χ4n) is 2.89. The van der Waals surface area contributed by atoms with Crippen LogP contribution in [0.1, 0.15) is 42.5 Å². The van der Waals surface area contributed by atoms with E-state index in [4.69, 9.17) is 21.1 Å². The van der Waals surface area contributed by atoms with E-state index in [0.717, 1.165) is 32.1 Å². The molecule has 1 aromatic heterocycles.